The van der Waals surface area contributed by atoms with Gasteiger partial charge in [0.25, 0.3) is 11.7 Å². The maximum atomic E-state index is 12.5. The van der Waals surface area contributed by atoms with Crippen molar-refractivity contribution in [2.24, 2.45) is 0 Å². The Bertz CT molecular complexity index is 823. The van der Waals surface area contributed by atoms with Crippen molar-refractivity contribution in [1.29, 1.82) is 0 Å². The van der Waals surface area contributed by atoms with E-state index in [1.165, 1.54) is 10.1 Å². The zero-order chi connectivity index (χ0) is 17.8. The van der Waals surface area contributed by atoms with Gasteiger partial charge in [-0.25, -0.2) is 9.50 Å². The zero-order valence-corrected chi connectivity index (χ0v) is 14.8. The molecule has 1 N–H and O–H groups in total. The van der Waals surface area contributed by atoms with Gasteiger partial charge in [0.2, 0.25) is 5.82 Å². The van der Waals surface area contributed by atoms with Crippen LogP contribution in [0.3, 0.4) is 0 Å². The van der Waals surface area contributed by atoms with E-state index in [2.05, 4.69) is 58.5 Å². The molecule has 0 aliphatic rings. The fourth-order valence-corrected chi connectivity index (χ4v) is 2.77. The monoisotopic (exact) mass is 337 g/mol. The highest BCUT2D eigenvalue weighted by atomic mass is 16.2. The average molecular weight is 337 g/mol. The summed E-state index contributed by atoms with van der Waals surface area (Å²) >= 11 is 0. The van der Waals surface area contributed by atoms with Crippen LogP contribution in [-0.4, -0.2) is 25.5 Å². The number of amides is 1. The summed E-state index contributed by atoms with van der Waals surface area (Å²) in [6, 6.07) is 10.1. The van der Waals surface area contributed by atoms with Gasteiger partial charge in [0.15, 0.2) is 0 Å². The number of carbonyl (C=O) groups excluding carboxylic acids is 1. The highest BCUT2D eigenvalue weighted by molar-refractivity contribution is 5.91. The lowest BCUT2D eigenvalue weighted by Gasteiger charge is -2.18. The third-order valence-electron chi connectivity index (χ3n) is 4.55. The Hall–Kier alpha value is -2.76. The van der Waals surface area contributed by atoms with Crippen LogP contribution in [0, 0.1) is 0 Å². The Balaban J connectivity index is 1.75. The number of aromatic nitrogens is 4. The Labute approximate surface area is 147 Å². The van der Waals surface area contributed by atoms with Crippen LogP contribution < -0.4 is 5.32 Å². The minimum Gasteiger partial charge on any atom is -0.342 e. The molecule has 0 radical (unpaired) electrons. The average Bonchev–Trinajstić information content (AvgIpc) is 3.10. The molecular weight excluding hydrogens is 314 g/mol. The van der Waals surface area contributed by atoms with Gasteiger partial charge in [-0.2, -0.15) is 4.98 Å². The number of hydrogen-bond donors (Lipinski definition) is 1. The Morgan fingerprint density at radius 1 is 1.16 bits per heavy atom. The van der Waals surface area contributed by atoms with Gasteiger partial charge in [0, 0.05) is 12.4 Å². The van der Waals surface area contributed by atoms with Crippen LogP contribution in [0.1, 0.15) is 67.3 Å². The van der Waals surface area contributed by atoms with Gasteiger partial charge in [-0.1, -0.05) is 45.0 Å². The van der Waals surface area contributed by atoms with Crippen LogP contribution in [-0.2, 0) is 0 Å². The predicted octanol–water partition coefficient (Wildman–Crippen LogP) is 3.52. The van der Waals surface area contributed by atoms with E-state index in [1.54, 1.807) is 18.5 Å². The summed E-state index contributed by atoms with van der Waals surface area (Å²) in [5, 5.41) is 7.19. The minimum atomic E-state index is -0.289. The van der Waals surface area contributed by atoms with Crippen LogP contribution in [0.5, 0.6) is 0 Å². The second kappa shape index (κ2) is 7.42. The molecule has 0 fully saturated rings. The second-order valence-electron chi connectivity index (χ2n) is 6.21. The van der Waals surface area contributed by atoms with E-state index in [0.29, 0.717) is 11.7 Å². The van der Waals surface area contributed by atoms with E-state index in [1.807, 2.05) is 6.92 Å². The molecule has 0 saturated carbocycles. The number of rotatable bonds is 6. The molecule has 130 valence electrons. The number of benzene rings is 1. The third kappa shape index (κ3) is 3.68. The van der Waals surface area contributed by atoms with Crippen molar-refractivity contribution < 1.29 is 4.79 Å². The number of hydrogen-bond acceptors (Lipinski definition) is 4. The summed E-state index contributed by atoms with van der Waals surface area (Å²) < 4.78 is 1.50. The molecule has 0 bridgehead atoms. The molecule has 1 aromatic carbocycles. The summed E-state index contributed by atoms with van der Waals surface area (Å²) in [6.45, 7) is 6.45. The minimum absolute atomic E-state index is 0.0712. The Morgan fingerprint density at radius 2 is 1.88 bits per heavy atom. The van der Waals surface area contributed by atoms with Crippen molar-refractivity contribution in [3.63, 3.8) is 0 Å². The maximum Gasteiger partial charge on any atom is 0.291 e. The van der Waals surface area contributed by atoms with Gasteiger partial charge >= 0.3 is 0 Å². The molecule has 0 spiro atoms. The van der Waals surface area contributed by atoms with Crippen molar-refractivity contribution in [1.82, 2.24) is 24.9 Å². The lowest BCUT2D eigenvalue weighted by atomic mass is 9.95. The van der Waals surface area contributed by atoms with Crippen LogP contribution in [0.25, 0.3) is 5.78 Å². The Kier molecular flexibility index (Phi) is 5.07. The standard InChI is InChI=1S/C19H23N5O/c1-4-13(3)14-7-9-15(10-8-14)16(5-2)21-18(25)17-22-19-20-11-6-12-24(19)23-17/h6-13,16H,4-5H2,1-3H3,(H,21,25). The van der Waals surface area contributed by atoms with E-state index >= 15 is 0 Å². The maximum absolute atomic E-state index is 12.5. The molecule has 3 aromatic rings. The highest BCUT2D eigenvalue weighted by Gasteiger charge is 2.18. The number of nitrogens with zero attached hydrogens (tertiary/aromatic N) is 4. The molecular formula is C19H23N5O. The van der Waals surface area contributed by atoms with E-state index < -0.39 is 0 Å². The first-order valence-corrected chi connectivity index (χ1v) is 8.70. The van der Waals surface area contributed by atoms with E-state index in [-0.39, 0.29) is 17.8 Å². The fraction of sp³-hybridized carbons (Fsp3) is 0.368. The first kappa shape index (κ1) is 17.1. The molecule has 2 aromatic heterocycles. The lowest BCUT2D eigenvalue weighted by Crippen LogP contribution is -2.29. The van der Waals surface area contributed by atoms with Crippen molar-refractivity contribution >= 4 is 11.7 Å². The zero-order valence-electron chi connectivity index (χ0n) is 14.8. The van der Waals surface area contributed by atoms with Gasteiger partial charge in [0.05, 0.1) is 6.04 Å². The molecule has 3 rings (SSSR count). The summed E-state index contributed by atoms with van der Waals surface area (Å²) in [4.78, 5) is 20.8. The number of carbonyl (C=O) groups is 1. The SMILES string of the molecule is CCC(C)c1ccc(C(CC)NC(=O)c2nc3ncccn3n2)cc1. The van der Waals surface area contributed by atoms with Gasteiger partial charge in [-0.3, -0.25) is 4.79 Å². The van der Waals surface area contributed by atoms with Crippen LogP contribution in [0.4, 0.5) is 0 Å². The number of nitrogens with one attached hydrogen (secondary N) is 1. The molecule has 2 atom stereocenters. The fourth-order valence-electron chi connectivity index (χ4n) is 2.77. The second-order valence-corrected chi connectivity index (χ2v) is 6.21. The molecule has 6 heteroatoms. The first-order chi connectivity index (χ1) is 12.1. The summed E-state index contributed by atoms with van der Waals surface area (Å²) in [7, 11) is 0. The van der Waals surface area contributed by atoms with Crippen molar-refractivity contribution in [3.8, 4) is 0 Å². The predicted molar refractivity (Wildman–Crippen MR) is 96.4 cm³/mol. The van der Waals surface area contributed by atoms with E-state index in [0.717, 1.165) is 18.4 Å². The third-order valence-corrected chi connectivity index (χ3v) is 4.55. The van der Waals surface area contributed by atoms with Crippen molar-refractivity contribution in [2.45, 2.75) is 45.6 Å². The normalized spacial score (nSPS) is 13.6. The van der Waals surface area contributed by atoms with Crippen LogP contribution >= 0.6 is 0 Å². The molecule has 2 heterocycles. The topological polar surface area (TPSA) is 72.2 Å². The smallest absolute Gasteiger partial charge is 0.291 e. The largest absolute Gasteiger partial charge is 0.342 e. The van der Waals surface area contributed by atoms with Crippen LogP contribution in [0.15, 0.2) is 42.7 Å². The lowest BCUT2D eigenvalue weighted by molar-refractivity contribution is 0.0925. The molecule has 25 heavy (non-hydrogen) atoms. The molecule has 2 unspecified atom stereocenters. The summed E-state index contributed by atoms with van der Waals surface area (Å²) in [5.74, 6) is 0.800. The van der Waals surface area contributed by atoms with Crippen molar-refractivity contribution in [3.05, 3.63) is 59.7 Å². The first-order valence-electron chi connectivity index (χ1n) is 8.70. The molecule has 0 aliphatic carbocycles. The van der Waals surface area contributed by atoms with Gasteiger partial charge < -0.3 is 5.32 Å². The van der Waals surface area contributed by atoms with Crippen LogP contribution in [0.2, 0.25) is 0 Å². The molecule has 1 amide bonds. The van der Waals surface area contributed by atoms with E-state index in [4.69, 9.17) is 0 Å². The van der Waals surface area contributed by atoms with Gasteiger partial charge in [-0.15, -0.1) is 5.10 Å². The van der Waals surface area contributed by atoms with Gasteiger partial charge in [0.1, 0.15) is 0 Å². The summed E-state index contributed by atoms with van der Waals surface area (Å²) in [5.41, 5.74) is 2.41. The van der Waals surface area contributed by atoms with Gasteiger partial charge in [-0.05, 0) is 36.0 Å². The van der Waals surface area contributed by atoms with Crippen molar-refractivity contribution in [2.75, 3.05) is 0 Å². The number of fused-ring (bicyclic) bond motifs is 1. The quantitative estimate of drug-likeness (QED) is 0.747. The summed E-state index contributed by atoms with van der Waals surface area (Å²) in [6.07, 6.45) is 5.25. The Morgan fingerprint density at radius 3 is 2.52 bits per heavy atom. The molecule has 6 nitrogen and oxygen atoms in total. The molecule has 0 saturated heterocycles. The van der Waals surface area contributed by atoms with E-state index in [9.17, 15) is 4.79 Å². The highest BCUT2D eigenvalue weighted by Crippen LogP contribution is 2.23. The molecule has 0 aliphatic heterocycles.